The highest BCUT2D eigenvalue weighted by Gasteiger charge is 2.27. The molecular formula is C12H18ClN3O4S. The van der Waals surface area contributed by atoms with Crippen LogP contribution in [0.4, 0.5) is 5.69 Å². The summed E-state index contributed by atoms with van der Waals surface area (Å²) in [7, 11) is -3.69. The first-order chi connectivity index (χ1) is 9.40. The van der Waals surface area contributed by atoms with Gasteiger partial charge in [-0.1, -0.05) is 12.8 Å². The Morgan fingerprint density at radius 2 is 1.76 bits per heavy atom. The van der Waals surface area contributed by atoms with Crippen molar-refractivity contribution in [1.82, 2.24) is 4.72 Å². The number of nitro benzene ring substituents is 1. The van der Waals surface area contributed by atoms with Crippen molar-refractivity contribution in [2.45, 2.75) is 42.7 Å². The van der Waals surface area contributed by atoms with E-state index in [-0.39, 0.29) is 35.1 Å². The quantitative estimate of drug-likeness (QED) is 0.640. The molecule has 3 N–H and O–H groups in total. The molecule has 1 fully saturated rings. The van der Waals surface area contributed by atoms with Crippen molar-refractivity contribution >= 4 is 28.1 Å². The lowest BCUT2D eigenvalue weighted by Crippen LogP contribution is -2.49. The van der Waals surface area contributed by atoms with Crippen molar-refractivity contribution in [2.24, 2.45) is 5.73 Å². The summed E-state index contributed by atoms with van der Waals surface area (Å²) < 4.78 is 27.0. The number of non-ortho nitro benzene ring substituents is 1. The number of nitrogens with two attached hydrogens (primary N) is 1. The molecule has 7 nitrogen and oxygen atoms in total. The Balaban J connectivity index is 0.00000220. The van der Waals surface area contributed by atoms with Gasteiger partial charge in [0.15, 0.2) is 0 Å². The Bertz CT molecular complexity index is 591. The van der Waals surface area contributed by atoms with Crippen LogP contribution in [0.1, 0.15) is 25.7 Å². The highest BCUT2D eigenvalue weighted by molar-refractivity contribution is 7.89. The van der Waals surface area contributed by atoms with Gasteiger partial charge in [0.05, 0.1) is 9.82 Å². The summed E-state index contributed by atoms with van der Waals surface area (Å²) in [4.78, 5) is 9.99. The lowest BCUT2D eigenvalue weighted by atomic mass is 9.92. The summed E-state index contributed by atoms with van der Waals surface area (Å²) in [6, 6.07) is 4.36. The number of benzene rings is 1. The van der Waals surface area contributed by atoms with Crippen LogP contribution >= 0.6 is 12.4 Å². The largest absolute Gasteiger partial charge is 0.326 e. The topological polar surface area (TPSA) is 115 Å². The van der Waals surface area contributed by atoms with Gasteiger partial charge >= 0.3 is 0 Å². The predicted octanol–water partition coefficient (Wildman–Crippen LogP) is 1.56. The van der Waals surface area contributed by atoms with E-state index in [1.807, 2.05) is 0 Å². The van der Waals surface area contributed by atoms with E-state index < -0.39 is 14.9 Å². The molecule has 1 aliphatic carbocycles. The second-order valence-electron chi connectivity index (χ2n) is 4.93. The fourth-order valence-corrected chi connectivity index (χ4v) is 3.64. The maximum absolute atomic E-state index is 12.2. The van der Waals surface area contributed by atoms with Gasteiger partial charge in [-0.2, -0.15) is 0 Å². The number of nitro groups is 1. The SMILES string of the molecule is Cl.N[C@@H]1CCCC[C@H]1NS(=O)(=O)c1ccc([N+](=O)[O-])cc1. The van der Waals surface area contributed by atoms with Gasteiger partial charge < -0.3 is 5.73 Å². The lowest BCUT2D eigenvalue weighted by Gasteiger charge is -2.28. The minimum absolute atomic E-state index is 0. The van der Waals surface area contributed by atoms with Crippen LogP contribution in [0.25, 0.3) is 0 Å². The number of rotatable bonds is 4. The maximum atomic E-state index is 12.2. The molecule has 1 aliphatic rings. The number of nitrogens with zero attached hydrogens (tertiary/aromatic N) is 1. The molecule has 1 aromatic carbocycles. The van der Waals surface area contributed by atoms with Gasteiger partial charge in [0, 0.05) is 24.2 Å². The van der Waals surface area contributed by atoms with Crippen LogP contribution in [0.5, 0.6) is 0 Å². The fraction of sp³-hybridized carbons (Fsp3) is 0.500. The number of hydrogen-bond acceptors (Lipinski definition) is 5. The maximum Gasteiger partial charge on any atom is 0.269 e. The minimum atomic E-state index is -3.69. The van der Waals surface area contributed by atoms with E-state index in [1.165, 1.54) is 24.3 Å². The van der Waals surface area contributed by atoms with Gasteiger partial charge in [0.25, 0.3) is 5.69 Å². The van der Waals surface area contributed by atoms with Crippen molar-refractivity contribution < 1.29 is 13.3 Å². The average molecular weight is 336 g/mol. The molecule has 1 saturated carbocycles. The third kappa shape index (κ3) is 4.37. The first-order valence-corrected chi connectivity index (χ1v) is 7.91. The van der Waals surface area contributed by atoms with Crippen molar-refractivity contribution in [3.63, 3.8) is 0 Å². The van der Waals surface area contributed by atoms with Gasteiger partial charge in [-0.3, -0.25) is 10.1 Å². The minimum Gasteiger partial charge on any atom is -0.326 e. The van der Waals surface area contributed by atoms with Crippen molar-refractivity contribution in [2.75, 3.05) is 0 Å². The molecule has 0 bridgehead atoms. The van der Waals surface area contributed by atoms with Gasteiger partial charge in [0.1, 0.15) is 0 Å². The monoisotopic (exact) mass is 335 g/mol. The number of nitrogens with one attached hydrogen (secondary N) is 1. The van der Waals surface area contributed by atoms with Crippen molar-refractivity contribution in [3.05, 3.63) is 34.4 Å². The van der Waals surface area contributed by atoms with E-state index in [0.29, 0.717) is 6.42 Å². The number of sulfonamides is 1. The Kier molecular flexibility index (Phi) is 6.09. The molecule has 0 aromatic heterocycles. The van der Waals surface area contributed by atoms with E-state index in [4.69, 9.17) is 5.73 Å². The Morgan fingerprint density at radius 1 is 1.19 bits per heavy atom. The number of halogens is 1. The predicted molar refractivity (Wildman–Crippen MR) is 80.9 cm³/mol. The molecule has 0 heterocycles. The van der Waals surface area contributed by atoms with E-state index in [1.54, 1.807) is 0 Å². The van der Waals surface area contributed by atoms with E-state index in [0.717, 1.165) is 19.3 Å². The van der Waals surface area contributed by atoms with Crippen LogP contribution in [0.2, 0.25) is 0 Å². The molecule has 2 atom stereocenters. The normalized spacial score (nSPS) is 22.3. The number of hydrogen-bond donors (Lipinski definition) is 2. The third-order valence-electron chi connectivity index (χ3n) is 3.48. The molecule has 118 valence electrons. The third-order valence-corrected chi connectivity index (χ3v) is 4.99. The summed E-state index contributed by atoms with van der Waals surface area (Å²) in [5.41, 5.74) is 5.77. The van der Waals surface area contributed by atoms with Crippen LogP contribution in [-0.2, 0) is 10.0 Å². The van der Waals surface area contributed by atoms with E-state index >= 15 is 0 Å². The average Bonchev–Trinajstić information content (AvgIpc) is 2.41. The molecule has 21 heavy (non-hydrogen) atoms. The van der Waals surface area contributed by atoms with E-state index in [9.17, 15) is 18.5 Å². The molecule has 2 rings (SSSR count). The molecular weight excluding hydrogens is 318 g/mol. The highest BCUT2D eigenvalue weighted by Crippen LogP contribution is 2.20. The standard InChI is InChI=1S/C12H17N3O4S.ClH/c13-11-3-1-2-4-12(11)14-20(18,19)10-7-5-9(6-8-10)15(16)17;/h5-8,11-12,14H,1-4,13H2;1H/t11-,12-;/m1./s1. The molecule has 0 amide bonds. The Morgan fingerprint density at radius 3 is 2.29 bits per heavy atom. The van der Waals surface area contributed by atoms with Crippen LogP contribution in [0, 0.1) is 10.1 Å². The second-order valence-corrected chi connectivity index (χ2v) is 6.64. The summed E-state index contributed by atoms with van der Waals surface area (Å²) in [5, 5.41) is 10.5. The highest BCUT2D eigenvalue weighted by atomic mass is 35.5. The second kappa shape index (κ2) is 7.17. The fourth-order valence-electron chi connectivity index (χ4n) is 2.32. The van der Waals surface area contributed by atoms with Crippen molar-refractivity contribution in [1.29, 1.82) is 0 Å². The van der Waals surface area contributed by atoms with Gasteiger partial charge in [-0.15, -0.1) is 12.4 Å². The van der Waals surface area contributed by atoms with Gasteiger partial charge in [0.2, 0.25) is 10.0 Å². The van der Waals surface area contributed by atoms with Gasteiger partial charge in [-0.25, -0.2) is 13.1 Å². The first-order valence-electron chi connectivity index (χ1n) is 6.42. The molecule has 0 radical (unpaired) electrons. The van der Waals surface area contributed by atoms with Crippen LogP contribution in [-0.4, -0.2) is 25.4 Å². The van der Waals surface area contributed by atoms with Crippen LogP contribution < -0.4 is 10.5 Å². The van der Waals surface area contributed by atoms with Crippen LogP contribution in [0.3, 0.4) is 0 Å². The Labute approximate surface area is 129 Å². The van der Waals surface area contributed by atoms with Crippen molar-refractivity contribution in [3.8, 4) is 0 Å². The lowest BCUT2D eigenvalue weighted by molar-refractivity contribution is -0.384. The summed E-state index contributed by atoms with van der Waals surface area (Å²) in [6.07, 6.45) is 3.47. The molecule has 0 unspecified atom stereocenters. The smallest absolute Gasteiger partial charge is 0.269 e. The zero-order valence-corrected chi connectivity index (χ0v) is 12.9. The Hall–Kier alpha value is -1.22. The zero-order chi connectivity index (χ0) is 14.8. The summed E-state index contributed by atoms with van der Waals surface area (Å²) in [5.74, 6) is 0. The first kappa shape index (κ1) is 17.8. The summed E-state index contributed by atoms with van der Waals surface area (Å²) in [6.45, 7) is 0. The summed E-state index contributed by atoms with van der Waals surface area (Å²) >= 11 is 0. The molecule has 0 spiro atoms. The molecule has 9 heteroatoms. The van der Waals surface area contributed by atoms with Crippen LogP contribution in [0.15, 0.2) is 29.2 Å². The molecule has 1 aromatic rings. The molecule has 0 aliphatic heterocycles. The van der Waals surface area contributed by atoms with E-state index in [2.05, 4.69) is 4.72 Å². The van der Waals surface area contributed by atoms with Gasteiger partial charge in [-0.05, 0) is 25.0 Å². The molecule has 0 saturated heterocycles. The zero-order valence-electron chi connectivity index (χ0n) is 11.3.